The van der Waals surface area contributed by atoms with Crippen LogP contribution in [0.3, 0.4) is 0 Å². The van der Waals surface area contributed by atoms with Crippen LogP contribution in [0.1, 0.15) is 24.4 Å². The summed E-state index contributed by atoms with van der Waals surface area (Å²) in [6.45, 7) is 0. The topological polar surface area (TPSA) is 72.7 Å². The van der Waals surface area contributed by atoms with E-state index >= 15 is 0 Å². The van der Waals surface area contributed by atoms with Crippen molar-refractivity contribution in [2.75, 3.05) is 5.32 Å². The van der Waals surface area contributed by atoms with Gasteiger partial charge in [0, 0.05) is 11.3 Å². The van der Waals surface area contributed by atoms with Crippen molar-refractivity contribution in [3.63, 3.8) is 0 Å². The molecule has 0 unspecified atom stereocenters. The molecule has 1 aliphatic rings. The predicted molar refractivity (Wildman–Crippen MR) is 108 cm³/mol. The highest BCUT2D eigenvalue weighted by atomic mass is 16.1. The summed E-state index contributed by atoms with van der Waals surface area (Å²) in [5, 5.41) is 17.3. The van der Waals surface area contributed by atoms with Gasteiger partial charge in [0.1, 0.15) is 0 Å². The standard InChI is InChI=1S/C22H19N5O/c28-21(14-17-6-3-5-15-4-1-2-7-20(15)17)23-18-10-8-16(9-11-18)22-24-25-26-27(22)19-12-13-19/h1-11,19H,12-14H2,(H,23,28). The molecule has 1 heterocycles. The average Bonchev–Trinajstić information content (AvgIpc) is 3.45. The largest absolute Gasteiger partial charge is 0.326 e. The average molecular weight is 369 g/mol. The highest BCUT2D eigenvalue weighted by Gasteiger charge is 2.28. The Kier molecular flexibility index (Phi) is 4.09. The number of benzene rings is 3. The van der Waals surface area contributed by atoms with Crippen molar-refractivity contribution in [3.8, 4) is 11.4 Å². The zero-order chi connectivity index (χ0) is 18.9. The Balaban J connectivity index is 1.30. The number of carbonyl (C=O) groups excluding carboxylic acids is 1. The van der Waals surface area contributed by atoms with Crippen LogP contribution in [0.25, 0.3) is 22.2 Å². The van der Waals surface area contributed by atoms with E-state index in [2.05, 4.69) is 39.0 Å². The Bertz CT molecular complexity index is 1140. The molecule has 0 atom stereocenters. The quantitative estimate of drug-likeness (QED) is 0.577. The SMILES string of the molecule is O=C(Cc1cccc2ccccc12)Nc1ccc(-c2nnnn2C2CC2)cc1. The van der Waals surface area contributed by atoms with Crippen molar-refractivity contribution in [1.29, 1.82) is 0 Å². The fourth-order valence-corrected chi connectivity index (χ4v) is 3.48. The number of anilines is 1. The first-order valence-corrected chi connectivity index (χ1v) is 9.43. The molecule has 0 aliphatic heterocycles. The lowest BCUT2D eigenvalue weighted by Crippen LogP contribution is -2.14. The second-order valence-electron chi connectivity index (χ2n) is 7.12. The van der Waals surface area contributed by atoms with Gasteiger partial charge in [0.15, 0.2) is 5.82 Å². The molecule has 1 aliphatic carbocycles. The maximum Gasteiger partial charge on any atom is 0.228 e. The molecule has 28 heavy (non-hydrogen) atoms. The molecule has 1 amide bonds. The Morgan fingerprint density at radius 2 is 1.79 bits per heavy atom. The summed E-state index contributed by atoms with van der Waals surface area (Å²) in [7, 11) is 0. The summed E-state index contributed by atoms with van der Waals surface area (Å²) in [4.78, 5) is 12.5. The molecule has 138 valence electrons. The van der Waals surface area contributed by atoms with Crippen LogP contribution in [0, 0.1) is 0 Å². The van der Waals surface area contributed by atoms with Gasteiger partial charge in [-0.3, -0.25) is 4.79 Å². The first-order valence-electron chi connectivity index (χ1n) is 9.43. The van der Waals surface area contributed by atoms with Gasteiger partial charge in [0.05, 0.1) is 12.5 Å². The first-order chi connectivity index (χ1) is 13.8. The van der Waals surface area contributed by atoms with E-state index in [0.29, 0.717) is 12.5 Å². The molecule has 6 nitrogen and oxygen atoms in total. The molecule has 0 radical (unpaired) electrons. The molecule has 0 spiro atoms. The van der Waals surface area contributed by atoms with Crippen LogP contribution in [0.4, 0.5) is 5.69 Å². The Labute approximate surface area is 162 Å². The molecule has 0 saturated heterocycles. The van der Waals surface area contributed by atoms with Crippen LogP contribution in [-0.4, -0.2) is 26.1 Å². The maximum atomic E-state index is 12.5. The summed E-state index contributed by atoms with van der Waals surface area (Å²) in [5.74, 6) is 0.739. The van der Waals surface area contributed by atoms with Gasteiger partial charge in [-0.2, -0.15) is 0 Å². The molecular formula is C22H19N5O. The van der Waals surface area contributed by atoms with E-state index in [0.717, 1.165) is 46.3 Å². The molecule has 1 N–H and O–H groups in total. The Morgan fingerprint density at radius 3 is 2.61 bits per heavy atom. The molecule has 0 bridgehead atoms. The minimum atomic E-state index is -0.0353. The van der Waals surface area contributed by atoms with Gasteiger partial charge in [-0.05, 0) is 63.9 Å². The highest BCUT2D eigenvalue weighted by molar-refractivity contribution is 5.96. The second-order valence-corrected chi connectivity index (χ2v) is 7.12. The third-order valence-corrected chi connectivity index (χ3v) is 5.04. The van der Waals surface area contributed by atoms with Crippen LogP contribution in [-0.2, 0) is 11.2 Å². The number of hydrogen-bond donors (Lipinski definition) is 1. The zero-order valence-corrected chi connectivity index (χ0v) is 15.2. The lowest BCUT2D eigenvalue weighted by Gasteiger charge is -2.09. The van der Waals surface area contributed by atoms with E-state index in [-0.39, 0.29) is 5.91 Å². The summed E-state index contributed by atoms with van der Waals surface area (Å²) < 4.78 is 1.88. The third-order valence-electron chi connectivity index (χ3n) is 5.04. The number of tetrazole rings is 1. The van der Waals surface area contributed by atoms with E-state index < -0.39 is 0 Å². The second kappa shape index (κ2) is 6.88. The minimum Gasteiger partial charge on any atom is -0.326 e. The predicted octanol–water partition coefficient (Wildman–Crippen LogP) is 4.01. The molecule has 4 aromatic rings. The lowest BCUT2D eigenvalue weighted by atomic mass is 10.0. The van der Waals surface area contributed by atoms with E-state index in [4.69, 9.17) is 0 Å². The monoisotopic (exact) mass is 369 g/mol. The number of aromatic nitrogens is 4. The van der Waals surface area contributed by atoms with Crippen LogP contribution >= 0.6 is 0 Å². The van der Waals surface area contributed by atoms with Gasteiger partial charge >= 0.3 is 0 Å². The zero-order valence-electron chi connectivity index (χ0n) is 15.2. The number of hydrogen-bond acceptors (Lipinski definition) is 4. The number of carbonyl (C=O) groups is 1. The van der Waals surface area contributed by atoms with Crippen molar-refractivity contribution in [3.05, 3.63) is 72.3 Å². The van der Waals surface area contributed by atoms with Gasteiger partial charge in [-0.1, -0.05) is 42.5 Å². The number of fused-ring (bicyclic) bond motifs is 1. The van der Waals surface area contributed by atoms with Gasteiger partial charge in [0.25, 0.3) is 0 Å². The number of rotatable bonds is 5. The summed E-state index contributed by atoms with van der Waals surface area (Å²) in [5.41, 5.74) is 2.74. The van der Waals surface area contributed by atoms with Crippen molar-refractivity contribution in [2.45, 2.75) is 25.3 Å². The fraction of sp³-hybridized carbons (Fsp3) is 0.182. The normalized spacial score (nSPS) is 13.6. The summed E-state index contributed by atoms with van der Waals surface area (Å²) >= 11 is 0. The van der Waals surface area contributed by atoms with Gasteiger partial charge in [-0.15, -0.1) is 5.10 Å². The van der Waals surface area contributed by atoms with Crippen LogP contribution < -0.4 is 5.32 Å². The fourth-order valence-electron chi connectivity index (χ4n) is 3.48. The Hall–Kier alpha value is -3.54. The molecule has 5 rings (SSSR count). The van der Waals surface area contributed by atoms with Crippen molar-refractivity contribution >= 4 is 22.4 Å². The van der Waals surface area contributed by atoms with Crippen LogP contribution in [0.15, 0.2) is 66.7 Å². The van der Waals surface area contributed by atoms with Crippen molar-refractivity contribution in [2.24, 2.45) is 0 Å². The van der Waals surface area contributed by atoms with E-state index in [1.165, 1.54) is 0 Å². The van der Waals surface area contributed by atoms with Gasteiger partial charge < -0.3 is 5.32 Å². The van der Waals surface area contributed by atoms with Gasteiger partial charge in [0.2, 0.25) is 5.91 Å². The summed E-state index contributed by atoms with van der Waals surface area (Å²) in [6, 6.07) is 22.3. The highest BCUT2D eigenvalue weighted by Crippen LogP contribution is 2.36. The van der Waals surface area contributed by atoms with Crippen LogP contribution in [0.2, 0.25) is 0 Å². The maximum absolute atomic E-state index is 12.5. The summed E-state index contributed by atoms with van der Waals surface area (Å²) in [6.07, 6.45) is 2.59. The number of nitrogens with zero attached hydrogens (tertiary/aromatic N) is 4. The third kappa shape index (κ3) is 3.24. The van der Waals surface area contributed by atoms with Crippen LogP contribution in [0.5, 0.6) is 0 Å². The molecule has 1 aromatic heterocycles. The van der Waals surface area contributed by atoms with Crippen molar-refractivity contribution < 1.29 is 4.79 Å². The number of nitrogens with one attached hydrogen (secondary N) is 1. The molecule has 3 aromatic carbocycles. The van der Waals surface area contributed by atoms with E-state index in [1.807, 2.05) is 53.2 Å². The van der Waals surface area contributed by atoms with Gasteiger partial charge in [-0.25, -0.2) is 4.68 Å². The lowest BCUT2D eigenvalue weighted by molar-refractivity contribution is -0.115. The molecule has 1 saturated carbocycles. The number of amides is 1. The minimum absolute atomic E-state index is 0.0353. The van der Waals surface area contributed by atoms with Crippen molar-refractivity contribution in [1.82, 2.24) is 20.2 Å². The van der Waals surface area contributed by atoms with E-state index in [9.17, 15) is 4.79 Å². The smallest absolute Gasteiger partial charge is 0.228 e. The molecule has 1 fully saturated rings. The first kappa shape index (κ1) is 16.6. The Morgan fingerprint density at radius 1 is 1.00 bits per heavy atom. The van der Waals surface area contributed by atoms with E-state index in [1.54, 1.807) is 0 Å². The molecular weight excluding hydrogens is 350 g/mol. The molecule has 6 heteroatoms.